The zero-order chi connectivity index (χ0) is 40.0. The van der Waals surface area contributed by atoms with Gasteiger partial charge in [-0.05, 0) is 118 Å². The van der Waals surface area contributed by atoms with Crippen LogP contribution in [0.15, 0.2) is 224 Å². The second-order valence-corrected chi connectivity index (χ2v) is 16.2. The molecule has 0 amide bonds. The Labute approximate surface area is 352 Å². The first-order valence-electron chi connectivity index (χ1n) is 21.0. The highest BCUT2D eigenvalue weighted by atomic mass is 15.0. The van der Waals surface area contributed by atoms with Gasteiger partial charge in [-0.3, -0.25) is 0 Å². The molecule has 0 atom stereocenters. The van der Waals surface area contributed by atoms with Gasteiger partial charge in [-0.1, -0.05) is 140 Å². The maximum Gasteiger partial charge on any atom is 0.0562 e. The average molecular weight is 776 g/mol. The normalized spacial score (nSPS) is 11.9. The predicted octanol–water partition coefficient (Wildman–Crippen LogP) is 15.5. The van der Waals surface area contributed by atoms with Crippen LogP contribution in [0.3, 0.4) is 0 Å². The number of hydrogen-bond acceptors (Lipinski definition) is 0. The minimum atomic E-state index is 1.14. The highest BCUT2D eigenvalue weighted by Gasteiger charge is 2.20. The first kappa shape index (κ1) is 33.8. The molecule has 3 aromatic heterocycles. The smallest absolute Gasteiger partial charge is 0.0562 e. The summed E-state index contributed by atoms with van der Waals surface area (Å²) in [4.78, 5) is 0. The van der Waals surface area contributed by atoms with Gasteiger partial charge in [0.15, 0.2) is 0 Å². The Morgan fingerprint density at radius 1 is 0.197 bits per heavy atom. The van der Waals surface area contributed by atoms with Crippen molar-refractivity contribution in [3.8, 4) is 39.3 Å². The highest BCUT2D eigenvalue weighted by Crippen LogP contribution is 2.42. The molecule has 61 heavy (non-hydrogen) atoms. The number of para-hydroxylation sites is 3. The first-order chi connectivity index (χ1) is 30.2. The van der Waals surface area contributed by atoms with E-state index in [4.69, 9.17) is 0 Å². The lowest BCUT2D eigenvalue weighted by Crippen LogP contribution is -1.96. The van der Waals surface area contributed by atoms with Gasteiger partial charge in [-0.15, -0.1) is 0 Å². The van der Waals surface area contributed by atoms with Crippen molar-refractivity contribution in [1.29, 1.82) is 0 Å². The number of benzene rings is 10. The minimum Gasteiger partial charge on any atom is -0.309 e. The second kappa shape index (κ2) is 13.2. The Hall–Kier alpha value is -8.14. The van der Waals surface area contributed by atoms with Gasteiger partial charge >= 0.3 is 0 Å². The molecule has 13 rings (SSSR count). The summed E-state index contributed by atoms with van der Waals surface area (Å²) >= 11 is 0. The van der Waals surface area contributed by atoms with Crippen molar-refractivity contribution in [2.45, 2.75) is 0 Å². The standard InChI is InChI=1S/C58H37N3/c1-3-14-38(15-4-1)41-18-13-21-45(32-41)61-56-31-28-43(35-50(56)52-36-51-48-23-10-11-24-53(48)59(57(51)37-58(52)61)44-19-5-2-6-20-44)42-27-30-55-49(34-42)47-22-9-12-25-54(47)60(55)46-29-26-39-16-7-8-17-40(39)33-46/h1-37H. The first-order valence-corrected chi connectivity index (χ1v) is 21.0. The third kappa shape index (κ3) is 5.17. The lowest BCUT2D eigenvalue weighted by Gasteiger charge is -2.12. The summed E-state index contributed by atoms with van der Waals surface area (Å²) in [6, 6.07) is 82.3. The van der Waals surface area contributed by atoms with Gasteiger partial charge in [0.05, 0.1) is 33.1 Å². The molecule has 13 aromatic rings. The molecule has 0 saturated heterocycles. The third-order valence-corrected chi connectivity index (χ3v) is 12.8. The summed E-state index contributed by atoms with van der Waals surface area (Å²) in [6.45, 7) is 0. The van der Waals surface area contributed by atoms with Crippen LogP contribution in [0.5, 0.6) is 0 Å². The van der Waals surface area contributed by atoms with Gasteiger partial charge in [-0.2, -0.15) is 0 Å². The molecule has 0 aliphatic rings. The van der Waals surface area contributed by atoms with E-state index in [-0.39, 0.29) is 0 Å². The Balaban J connectivity index is 1.06. The van der Waals surface area contributed by atoms with Crippen LogP contribution in [-0.4, -0.2) is 13.7 Å². The van der Waals surface area contributed by atoms with E-state index in [1.54, 1.807) is 0 Å². The van der Waals surface area contributed by atoms with Crippen LogP contribution in [0, 0.1) is 0 Å². The van der Waals surface area contributed by atoms with E-state index >= 15 is 0 Å². The molecular weight excluding hydrogens is 739 g/mol. The zero-order valence-corrected chi connectivity index (χ0v) is 33.2. The Morgan fingerprint density at radius 3 is 1.36 bits per heavy atom. The fraction of sp³-hybridized carbons (Fsp3) is 0. The molecule has 10 aromatic carbocycles. The van der Waals surface area contributed by atoms with E-state index in [0.717, 1.165) is 11.4 Å². The summed E-state index contributed by atoms with van der Waals surface area (Å²) in [6.07, 6.45) is 0. The number of aromatic nitrogens is 3. The molecular formula is C58H37N3. The number of nitrogens with zero attached hydrogens (tertiary/aromatic N) is 3. The number of rotatable bonds is 5. The Kier molecular flexibility index (Phi) is 7.31. The average Bonchev–Trinajstić information content (AvgIpc) is 3.96. The van der Waals surface area contributed by atoms with Gasteiger partial charge in [-0.25, -0.2) is 0 Å². The van der Waals surface area contributed by atoms with Crippen LogP contribution in [0.1, 0.15) is 0 Å². The topological polar surface area (TPSA) is 14.8 Å². The molecule has 3 heteroatoms. The number of hydrogen-bond donors (Lipinski definition) is 0. The molecule has 0 bridgehead atoms. The summed E-state index contributed by atoms with van der Waals surface area (Å²) < 4.78 is 7.30. The van der Waals surface area contributed by atoms with Gasteiger partial charge < -0.3 is 13.7 Å². The maximum absolute atomic E-state index is 2.47. The van der Waals surface area contributed by atoms with Gasteiger partial charge in [0, 0.05) is 49.4 Å². The monoisotopic (exact) mass is 775 g/mol. The molecule has 3 nitrogen and oxygen atoms in total. The minimum absolute atomic E-state index is 1.14. The molecule has 0 spiro atoms. The summed E-state index contributed by atoms with van der Waals surface area (Å²) in [5, 5.41) is 9.95. The molecule has 0 saturated carbocycles. The molecule has 0 aliphatic carbocycles. The highest BCUT2D eigenvalue weighted by molar-refractivity contribution is 6.20. The molecule has 284 valence electrons. The van der Waals surface area contributed by atoms with Crippen LogP contribution >= 0.6 is 0 Å². The summed E-state index contributed by atoms with van der Waals surface area (Å²) in [5.41, 5.74) is 15.4. The lowest BCUT2D eigenvalue weighted by molar-refractivity contribution is 1.16. The second-order valence-electron chi connectivity index (χ2n) is 16.2. The summed E-state index contributed by atoms with van der Waals surface area (Å²) in [7, 11) is 0. The van der Waals surface area contributed by atoms with E-state index in [0.29, 0.717) is 0 Å². The van der Waals surface area contributed by atoms with E-state index in [2.05, 4.69) is 238 Å². The fourth-order valence-corrected chi connectivity index (χ4v) is 10.00. The van der Waals surface area contributed by atoms with Crippen molar-refractivity contribution in [2.75, 3.05) is 0 Å². The zero-order valence-electron chi connectivity index (χ0n) is 33.2. The Bertz CT molecular complexity index is 3860. The van der Waals surface area contributed by atoms with Gasteiger partial charge in [0.1, 0.15) is 0 Å². The van der Waals surface area contributed by atoms with Crippen LogP contribution in [-0.2, 0) is 0 Å². The molecule has 0 fully saturated rings. The van der Waals surface area contributed by atoms with Crippen LogP contribution in [0.2, 0.25) is 0 Å². The van der Waals surface area contributed by atoms with Crippen LogP contribution < -0.4 is 0 Å². The SMILES string of the molecule is c1ccc(-c2cccc(-n3c4ccc(-c5ccc6c(c5)c5ccccc5n6-c5ccc6ccccc6c5)cc4c4cc5c6ccccc6n(-c6ccccc6)c5cc43)c2)cc1. The largest absolute Gasteiger partial charge is 0.309 e. The van der Waals surface area contributed by atoms with Gasteiger partial charge in [0.2, 0.25) is 0 Å². The molecule has 0 radical (unpaired) electrons. The predicted molar refractivity (Wildman–Crippen MR) is 258 cm³/mol. The van der Waals surface area contributed by atoms with E-state index in [1.165, 1.54) is 104 Å². The van der Waals surface area contributed by atoms with Crippen molar-refractivity contribution < 1.29 is 0 Å². The molecule has 3 heterocycles. The van der Waals surface area contributed by atoms with Crippen molar-refractivity contribution in [3.63, 3.8) is 0 Å². The lowest BCUT2D eigenvalue weighted by atomic mass is 10.00. The van der Waals surface area contributed by atoms with Crippen molar-refractivity contribution >= 4 is 76.2 Å². The quantitative estimate of drug-likeness (QED) is 0.165. The van der Waals surface area contributed by atoms with Crippen molar-refractivity contribution in [3.05, 3.63) is 224 Å². The third-order valence-electron chi connectivity index (χ3n) is 12.8. The van der Waals surface area contributed by atoms with Crippen LogP contribution in [0.4, 0.5) is 0 Å². The summed E-state index contributed by atoms with van der Waals surface area (Å²) in [5.74, 6) is 0. The van der Waals surface area contributed by atoms with Crippen molar-refractivity contribution in [2.24, 2.45) is 0 Å². The fourth-order valence-electron chi connectivity index (χ4n) is 10.00. The van der Waals surface area contributed by atoms with Gasteiger partial charge in [0.25, 0.3) is 0 Å². The van der Waals surface area contributed by atoms with E-state index < -0.39 is 0 Å². The van der Waals surface area contributed by atoms with Crippen LogP contribution in [0.25, 0.3) is 116 Å². The number of fused-ring (bicyclic) bond motifs is 10. The van der Waals surface area contributed by atoms with E-state index in [9.17, 15) is 0 Å². The maximum atomic E-state index is 2.47. The molecule has 0 unspecified atom stereocenters. The molecule has 0 aliphatic heterocycles. The Morgan fingerprint density at radius 2 is 0.656 bits per heavy atom. The van der Waals surface area contributed by atoms with E-state index in [1.807, 2.05) is 0 Å². The molecule has 0 N–H and O–H groups in total. The van der Waals surface area contributed by atoms with Crippen molar-refractivity contribution in [1.82, 2.24) is 13.7 Å².